The van der Waals surface area contributed by atoms with E-state index in [0.29, 0.717) is 29.8 Å². The lowest BCUT2D eigenvalue weighted by molar-refractivity contribution is -0.168. The molecule has 140 valence electrons. The van der Waals surface area contributed by atoms with Gasteiger partial charge >= 0.3 is 0 Å². The Balaban J connectivity index is 1.26. The fraction of sp³-hybridized carbons (Fsp3) is 0.950. The van der Waals surface area contributed by atoms with Crippen LogP contribution in [-0.4, -0.2) is 61.5 Å². The molecule has 0 radical (unpaired) electrons. The van der Waals surface area contributed by atoms with E-state index >= 15 is 0 Å². The molecule has 3 heterocycles. The summed E-state index contributed by atoms with van der Waals surface area (Å²) in [5.41, 5.74) is 0.391. The number of aliphatic imine (C=N–C) groups is 1. The lowest BCUT2D eigenvalue weighted by Crippen LogP contribution is -2.68. The third-order valence-corrected chi connectivity index (χ3v) is 7.80. The molecule has 6 atom stereocenters. The smallest absolute Gasteiger partial charge is 0.194 e. The summed E-state index contributed by atoms with van der Waals surface area (Å²) >= 11 is 0. The number of likely N-dealkylation sites (tertiary alicyclic amines) is 1. The summed E-state index contributed by atoms with van der Waals surface area (Å²) in [6, 6.07) is 0.552. The van der Waals surface area contributed by atoms with Crippen LogP contribution in [-0.2, 0) is 9.47 Å². The van der Waals surface area contributed by atoms with Crippen molar-refractivity contribution >= 4 is 5.96 Å². The van der Waals surface area contributed by atoms with Gasteiger partial charge in [0, 0.05) is 49.5 Å². The number of nitrogens with zero attached hydrogens (tertiary/aromatic N) is 2. The Morgan fingerprint density at radius 1 is 1.20 bits per heavy atom. The van der Waals surface area contributed by atoms with Gasteiger partial charge in [-0.05, 0) is 46.0 Å². The molecule has 5 aliphatic rings. The number of hydrogen-bond acceptors (Lipinski definition) is 3. The summed E-state index contributed by atoms with van der Waals surface area (Å²) in [6.45, 7) is 8.22. The first-order valence-electron chi connectivity index (χ1n) is 10.6. The fourth-order valence-electron chi connectivity index (χ4n) is 6.32. The molecule has 6 unspecified atom stereocenters. The van der Waals surface area contributed by atoms with E-state index in [0.717, 1.165) is 50.5 Å². The molecule has 5 nitrogen and oxygen atoms in total. The molecule has 2 saturated carbocycles. The van der Waals surface area contributed by atoms with E-state index in [1.54, 1.807) is 0 Å². The van der Waals surface area contributed by atoms with Crippen molar-refractivity contribution in [3.63, 3.8) is 0 Å². The summed E-state index contributed by atoms with van der Waals surface area (Å²) in [5, 5.41) is 3.87. The van der Waals surface area contributed by atoms with Crippen LogP contribution in [0, 0.1) is 17.3 Å². The molecule has 1 spiro atoms. The second-order valence-corrected chi connectivity index (χ2v) is 8.78. The van der Waals surface area contributed by atoms with Crippen molar-refractivity contribution in [3.05, 3.63) is 0 Å². The molecular weight excluding hydrogens is 314 g/mol. The first-order valence-corrected chi connectivity index (χ1v) is 10.6. The van der Waals surface area contributed by atoms with Crippen LogP contribution in [0.2, 0.25) is 0 Å². The Morgan fingerprint density at radius 3 is 2.48 bits per heavy atom. The molecule has 3 saturated heterocycles. The van der Waals surface area contributed by atoms with Gasteiger partial charge in [-0.15, -0.1) is 0 Å². The van der Waals surface area contributed by atoms with Gasteiger partial charge in [-0.1, -0.05) is 6.42 Å². The lowest BCUT2D eigenvalue weighted by Gasteiger charge is -2.61. The number of nitrogens with one attached hydrogen (secondary N) is 1. The van der Waals surface area contributed by atoms with Crippen LogP contribution < -0.4 is 5.32 Å². The second kappa shape index (κ2) is 6.12. The van der Waals surface area contributed by atoms with Crippen LogP contribution in [0.4, 0.5) is 0 Å². The zero-order valence-corrected chi connectivity index (χ0v) is 15.7. The standard InChI is InChI=1S/C20H33N3O2/c1-3-21-19(22-17-10-18(24-4-2)20(17)8-5-9-20)23-11-13-14(12-23)16-7-6-15(13)25-16/h13-18H,3-12H2,1-2H3,(H,21,22). The van der Waals surface area contributed by atoms with E-state index in [1.807, 2.05) is 0 Å². The number of guanidine groups is 1. The zero-order valence-electron chi connectivity index (χ0n) is 15.7. The van der Waals surface area contributed by atoms with Crippen molar-refractivity contribution in [1.29, 1.82) is 0 Å². The van der Waals surface area contributed by atoms with Gasteiger partial charge in [-0.25, -0.2) is 0 Å². The normalized spacial score (nSPS) is 43.9. The van der Waals surface area contributed by atoms with Crippen LogP contribution in [0.15, 0.2) is 4.99 Å². The fourth-order valence-corrected chi connectivity index (χ4v) is 6.32. The average molecular weight is 348 g/mol. The van der Waals surface area contributed by atoms with E-state index in [9.17, 15) is 0 Å². The van der Waals surface area contributed by atoms with Gasteiger partial charge in [0.25, 0.3) is 0 Å². The van der Waals surface area contributed by atoms with E-state index in [-0.39, 0.29) is 0 Å². The maximum absolute atomic E-state index is 6.14. The summed E-state index contributed by atoms with van der Waals surface area (Å²) in [5.74, 6) is 2.62. The number of ether oxygens (including phenoxy) is 2. The van der Waals surface area contributed by atoms with E-state index in [1.165, 1.54) is 32.1 Å². The number of hydrogen-bond donors (Lipinski definition) is 1. The highest BCUT2D eigenvalue weighted by Crippen LogP contribution is 2.57. The molecule has 0 aromatic carbocycles. The highest BCUT2D eigenvalue weighted by molar-refractivity contribution is 5.81. The third kappa shape index (κ3) is 2.38. The van der Waals surface area contributed by atoms with Gasteiger partial charge in [0.1, 0.15) is 0 Å². The average Bonchev–Trinajstić information content (AvgIpc) is 3.23. The van der Waals surface area contributed by atoms with Gasteiger partial charge in [0.05, 0.1) is 18.3 Å². The first-order chi connectivity index (χ1) is 12.2. The van der Waals surface area contributed by atoms with Crippen LogP contribution in [0.5, 0.6) is 0 Å². The molecule has 0 aromatic heterocycles. The molecule has 1 N–H and O–H groups in total. The summed E-state index contributed by atoms with van der Waals surface area (Å²) in [7, 11) is 0. The maximum Gasteiger partial charge on any atom is 0.194 e. The Kier molecular flexibility index (Phi) is 4.01. The number of rotatable bonds is 4. The molecule has 5 rings (SSSR count). The van der Waals surface area contributed by atoms with Crippen molar-refractivity contribution in [2.24, 2.45) is 22.2 Å². The Labute approximate surface area is 151 Å². The maximum atomic E-state index is 6.14. The van der Waals surface area contributed by atoms with Gasteiger partial charge in [-0.3, -0.25) is 4.99 Å². The Hall–Kier alpha value is -0.810. The minimum atomic E-state index is 0.391. The Morgan fingerprint density at radius 2 is 1.92 bits per heavy atom. The topological polar surface area (TPSA) is 46.1 Å². The molecule has 0 amide bonds. The summed E-state index contributed by atoms with van der Waals surface area (Å²) in [6.07, 6.45) is 9.19. The predicted molar refractivity (Wildman–Crippen MR) is 97.7 cm³/mol. The van der Waals surface area contributed by atoms with E-state index < -0.39 is 0 Å². The zero-order chi connectivity index (χ0) is 17.0. The molecule has 0 aromatic rings. The molecule has 5 fully saturated rings. The van der Waals surface area contributed by atoms with Crippen molar-refractivity contribution in [2.75, 3.05) is 26.2 Å². The van der Waals surface area contributed by atoms with Gasteiger partial charge < -0.3 is 19.7 Å². The highest BCUT2D eigenvalue weighted by atomic mass is 16.5. The van der Waals surface area contributed by atoms with Crippen molar-refractivity contribution in [3.8, 4) is 0 Å². The quantitative estimate of drug-likeness (QED) is 0.627. The summed E-state index contributed by atoms with van der Waals surface area (Å²) < 4.78 is 12.2. The highest BCUT2D eigenvalue weighted by Gasteiger charge is 2.60. The van der Waals surface area contributed by atoms with E-state index in [2.05, 4.69) is 24.1 Å². The molecule has 5 heteroatoms. The Bertz CT molecular complexity index is 529. The van der Waals surface area contributed by atoms with Crippen LogP contribution >= 0.6 is 0 Å². The molecule has 2 aliphatic carbocycles. The minimum absolute atomic E-state index is 0.391. The lowest BCUT2D eigenvalue weighted by atomic mass is 9.51. The van der Waals surface area contributed by atoms with Gasteiger partial charge in [0.15, 0.2) is 5.96 Å². The largest absolute Gasteiger partial charge is 0.378 e. The van der Waals surface area contributed by atoms with Gasteiger partial charge in [0.2, 0.25) is 0 Å². The first kappa shape index (κ1) is 16.4. The van der Waals surface area contributed by atoms with E-state index in [4.69, 9.17) is 14.5 Å². The van der Waals surface area contributed by atoms with Gasteiger partial charge in [-0.2, -0.15) is 0 Å². The predicted octanol–water partition coefficient (Wildman–Crippen LogP) is 2.41. The van der Waals surface area contributed by atoms with Crippen LogP contribution in [0.1, 0.15) is 52.4 Å². The SMILES string of the molecule is CCN=C(NC1CC(OCC)C12CCC2)N1CC2C3CCC(O3)C2C1. The molecule has 2 bridgehead atoms. The molecule has 3 aliphatic heterocycles. The molecule has 25 heavy (non-hydrogen) atoms. The van der Waals surface area contributed by atoms with Crippen molar-refractivity contribution in [2.45, 2.75) is 76.7 Å². The molecular formula is C20H33N3O2. The van der Waals surface area contributed by atoms with Crippen molar-refractivity contribution < 1.29 is 9.47 Å². The monoisotopic (exact) mass is 347 g/mol. The number of fused-ring (bicyclic) bond motifs is 5. The third-order valence-electron chi connectivity index (χ3n) is 7.80. The minimum Gasteiger partial charge on any atom is -0.378 e. The second-order valence-electron chi connectivity index (χ2n) is 8.78. The van der Waals surface area contributed by atoms with Crippen LogP contribution in [0.3, 0.4) is 0 Å². The van der Waals surface area contributed by atoms with Crippen LogP contribution in [0.25, 0.3) is 0 Å². The summed E-state index contributed by atoms with van der Waals surface area (Å²) in [4.78, 5) is 7.41. The van der Waals surface area contributed by atoms with Crippen molar-refractivity contribution in [1.82, 2.24) is 10.2 Å².